The van der Waals surface area contributed by atoms with Crippen LogP contribution in [-0.4, -0.2) is 45.5 Å². The molecule has 3 rings (SSSR count). The minimum Gasteiger partial charge on any atom is -0.378 e. The molecule has 0 aliphatic carbocycles. The second kappa shape index (κ2) is 8.21. The summed E-state index contributed by atoms with van der Waals surface area (Å²) in [6.45, 7) is 1.25. The van der Waals surface area contributed by atoms with Gasteiger partial charge in [-0.1, -0.05) is 23.7 Å². The van der Waals surface area contributed by atoms with E-state index in [1.807, 2.05) is 0 Å². The Labute approximate surface area is 169 Å². The maximum Gasteiger partial charge on any atom is 0.417 e. The largest absolute Gasteiger partial charge is 0.417 e. The predicted octanol–water partition coefficient (Wildman–Crippen LogP) is 3.60. The minimum atomic E-state index is -4.97. The molecule has 156 valence electrons. The third kappa shape index (κ3) is 4.82. The molecule has 29 heavy (non-hydrogen) atoms. The molecule has 6 nitrogen and oxygen atoms in total. The molecule has 0 aromatic heterocycles. The Kier molecular flexibility index (Phi) is 6.06. The molecule has 1 heterocycles. The van der Waals surface area contributed by atoms with Crippen LogP contribution in [0.15, 0.2) is 47.4 Å². The number of morpholine rings is 1. The fourth-order valence-electron chi connectivity index (χ4n) is 2.76. The van der Waals surface area contributed by atoms with Gasteiger partial charge in [0.05, 0.1) is 24.3 Å². The zero-order valence-corrected chi connectivity index (χ0v) is 16.4. The number of carbonyl (C=O) groups excluding carboxylic acids is 1. The summed E-state index contributed by atoms with van der Waals surface area (Å²) in [4.78, 5) is 13.1. The first-order valence-electron chi connectivity index (χ1n) is 8.37. The van der Waals surface area contributed by atoms with E-state index in [1.54, 1.807) is 0 Å². The molecular formula is C18H15ClF3NO5S. The van der Waals surface area contributed by atoms with Gasteiger partial charge in [0, 0.05) is 18.1 Å². The van der Waals surface area contributed by atoms with Gasteiger partial charge < -0.3 is 13.8 Å². The minimum absolute atomic E-state index is 0.0829. The van der Waals surface area contributed by atoms with E-state index < -0.39 is 32.7 Å². The highest BCUT2D eigenvalue weighted by Gasteiger charge is 2.38. The summed E-state index contributed by atoms with van der Waals surface area (Å²) in [5, 5.41) is -0.279. The Balaban J connectivity index is 1.98. The van der Waals surface area contributed by atoms with Crippen molar-refractivity contribution >= 4 is 27.6 Å². The lowest BCUT2D eigenvalue weighted by atomic mass is 10.1. The van der Waals surface area contributed by atoms with E-state index >= 15 is 0 Å². The molecule has 0 saturated carbocycles. The summed E-state index contributed by atoms with van der Waals surface area (Å²) in [7, 11) is -4.90. The molecule has 0 N–H and O–H groups in total. The SMILES string of the molecule is O=C(c1ccccc1OS(=O)(=O)c1ccc(Cl)cc1C(F)(F)F)N1CCOCC1. The van der Waals surface area contributed by atoms with E-state index in [1.165, 1.54) is 29.2 Å². The number of para-hydroxylation sites is 1. The van der Waals surface area contributed by atoms with Gasteiger partial charge in [-0.25, -0.2) is 0 Å². The monoisotopic (exact) mass is 449 g/mol. The Morgan fingerprint density at radius 1 is 1.10 bits per heavy atom. The standard InChI is InChI=1S/C18H15ClF3NO5S/c19-12-5-6-16(14(11-12)18(20,21)22)29(25,26)28-15-4-2-1-3-13(15)17(24)23-7-9-27-10-8-23/h1-6,11H,7-10H2. The Morgan fingerprint density at radius 3 is 2.41 bits per heavy atom. The third-order valence-corrected chi connectivity index (χ3v) is 5.66. The van der Waals surface area contributed by atoms with Gasteiger partial charge >= 0.3 is 16.3 Å². The van der Waals surface area contributed by atoms with Crippen LogP contribution in [0.4, 0.5) is 13.2 Å². The number of rotatable bonds is 4. The van der Waals surface area contributed by atoms with E-state index in [0.29, 0.717) is 38.4 Å². The zero-order valence-electron chi connectivity index (χ0n) is 14.8. The molecule has 0 bridgehead atoms. The average molecular weight is 450 g/mol. The fraction of sp³-hybridized carbons (Fsp3) is 0.278. The van der Waals surface area contributed by atoms with Crippen LogP contribution >= 0.6 is 11.6 Å². The van der Waals surface area contributed by atoms with Gasteiger partial charge in [0.15, 0.2) is 5.75 Å². The second-order valence-electron chi connectivity index (χ2n) is 6.08. The van der Waals surface area contributed by atoms with Gasteiger partial charge in [-0.2, -0.15) is 21.6 Å². The second-order valence-corrected chi connectivity index (χ2v) is 8.03. The lowest BCUT2D eigenvalue weighted by Crippen LogP contribution is -2.40. The van der Waals surface area contributed by atoms with Crippen molar-refractivity contribution in [2.45, 2.75) is 11.1 Å². The highest BCUT2D eigenvalue weighted by Crippen LogP contribution is 2.37. The van der Waals surface area contributed by atoms with Crippen molar-refractivity contribution in [3.63, 3.8) is 0 Å². The molecule has 0 unspecified atom stereocenters. The van der Waals surface area contributed by atoms with Crippen LogP contribution in [0.5, 0.6) is 5.75 Å². The van der Waals surface area contributed by atoms with Crippen molar-refractivity contribution < 1.29 is 35.3 Å². The van der Waals surface area contributed by atoms with E-state index in [-0.39, 0.29) is 16.3 Å². The zero-order chi connectivity index (χ0) is 21.2. The molecule has 1 aliphatic rings. The van der Waals surface area contributed by atoms with Crippen LogP contribution in [0, 0.1) is 0 Å². The number of alkyl halides is 3. The van der Waals surface area contributed by atoms with Gasteiger partial charge in [0.2, 0.25) is 0 Å². The highest BCUT2D eigenvalue weighted by molar-refractivity contribution is 7.87. The molecule has 1 fully saturated rings. The lowest BCUT2D eigenvalue weighted by Gasteiger charge is -2.27. The smallest absolute Gasteiger partial charge is 0.378 e. The van der Waals surface area contributed by atoms with Crippen LogP contribution in [-0.2, 0) is 21.0 Å². The van der Waals surface area contributed by atoms with Crippen molar-refractivity contribution in [3.8, 4) is 5.75 Å². The van der Waals surface area contributed by atoms with E-state index in [0.717, 1.165) is 6.07 Å². The summed E-state index contributed by atoms with van der Waals surface area (Å²) >= 11 is 5.59. The normalized spacial score (nSPS) is 15.2. The number of ether oxygens (including phenoxy) is 1. The van der Waals surface area contributed by atoms with Crippen LogP contribution in [0.2, 0.25) is 5.02 Å². The van der Waals surface area contributed by atoms with Crippen molar-refractivity contribution in [2.24, 2.45) is 0 Å². The van der Waals surface area contributed by atoms with Gasteiger partial charge in [0.25, 0.3) is 5.91 Å². The fourth-order valence-corrected chi connectivity index (χ4v) is 4.08. The summed E-state index contributed by atoms with van der Waals surface area (Å²) < 4.78 is 75.3. The van der Waals surface area contributed by atoms with Crippen LogP contribution in [0.1, 0.15) is 15.9 Å². The molecule has 0 atom stereocenters. The molecule has 1 aliphatic heterocycles. The summed E-state index contributed by atoms with van der Waals surface area (Å²) in [6, 6.07) is 7.68. The summed E-state index contributed by atoms with van der Waals surface area (Å²) in [5.74, 6) is -0.877. The van der Waals surface area contributed by atoms with Crippen LogP contribution < -0.4 is 4.18 Å². The van der Waals surface area contributed by atoms with E-state index in [9.17, 15) is 26.4 Å². The maximum atomic E-state index is 13.3. The number of nitrogens with zero attached hydrogens (tertiary/aromatic N) is 1. The number of hydrogen-bond donors (Lipinski definition) is 0. The van der Waals surface area contributed by atoms with Crippen molar-refractivity contribution in [3.05, 3.63) is 58.6 Å². The highest BCUT2D eigenvalue weighted by atomic mass is 35.5. The first-order valence-corrected chi connectivity index (χ1v) is 10.2. The first-order chi connectivity index (χ1) is 13.6. The molecule has 1 amide bonds. The number of hydrogen-bond acceptors (Lipinski definition) is 5. The number of amides is 1. The Bertz CT molecular complexity index is 1020. The maximum absolute atomic E-state index is 13.3. The molecular weight excluding hydrogens is 435 g/mol. The summed E-state index contributed by atoms with van der Waals surface area (Å²) in [6.07, 6.45) is -4.97. The van der Waals surface area contributed by atoms with E-state index in [4.69, 9.17) is 20.5 Å². The number of halogens is 4. The molecule has 0 radical (unpaired) electrons. The molecule has 1 saturated heterocycles. The topological polar surface area (TPSA) is 72.9 Å². The van der Waals surface area contributed by atoms with Crippen molar-refractivity contribution in [1.29, 1.82) is 0 Å². The first kappa shape index (κ1) is 21.4. The molecule has 11 heteroatoms. The molecule has 2 aromatic rings. The van der Waals surface area contributed by atoms with Gasteiger partial charge in [-0.05, 0) is 30.3 Å². The molecule has 2 aromatic carbocycles. The summed E-state index contributed by atoms with van der Waals surface area (Å²) in [5.41, 5.74) is -1.54. The van der Waals surface area contributed by atoms with Crippen LogP contribution in [0.25, 0.3) is 0 Å². The average Bonchev–Trinajstić information content (AvgIpc) is 2.67. The quantitative estimate of drug-likeness (QED) is 0.667. The Hall–Kier alpha value is -2.30. The van der Waals surface area contributed by atoms with Crippen LogP contribution in [0.3, 0.4) is 0 Å². The lowest BCUT2D eigenvalue weighted by molar-refractivity contribution is -0.139. The van der Waals surface area contributed by atoms with Crippen molar-refractivity contribution in [2.75, 3.05) is 26.3 Å². The Morgan fingerprint density at radius 2 is 1.76 bits per heavy atom. The number of benzene rings is 2. The van der Waals surface area contributed by atoms with Gasteiger partial charge in [0.1, 0.15) is 4.90 Å². The third-order valence-electron chi connectivity index (χ3n) is 4.13. The number of carbonyl (C=O) groups is 1. The van der Waals surface area contributed by atoms with Gasteiger partial charge in [-0.15, -0.1) is 0 Å². The van der Waals surface area contributed by atoms with E-state index in [2.05, 4.69) is 0 Å². The predicted molar refractivity (Wildman–Crippen MR) is 97.4 cm³/mol. The molecule has 0 spiro atoms. The van der Waals surface area contributed by atoms with Gasteiger partial charge in [-0.3, -0.25) is 4.79 Å². The van der Waals surface area contributed by atoms with Crippen molar-refractivity contribution in [1.82, 2.24) is 4.90 Å².